The van der Waals surface area contributed by atoms with Gasteiger partial charge in [-0.05, 0) is 86.1 Å². The SMILES string of the molecule is CCc1ccc(C2CC2)c(C(=O)C2CCC(c3cc(F)cc(F)c3)CC2)n1. The van der Waals surface area contributed by atoms with Crippen molar-refractivity contribution in [2.24, 2.45) is 5.92 Å². The molecule has 2 aliphatic carbocycles. The smallest absolute Gasteiger partial charge is 0.184 e. The highest BCUT2D eigenvalue weighted by Gasteiger charge is 2.34. The number of nitrogens with zero attached hydrogens (tertiary/aromatic N) is 1. The Balaban J connectivity index is 1.49. The molecule has 2 aromatic rings. The van der Waals surface area contributed by atoms with Crippen LogP contribution in [0.3, 0.4) is 0 Å². The fourth-order valence-corrected chi connectivity index (χ4v) is 4.32. The second-order valence-corrected chi connectivity index (χ2v) is 7.98. The largest absolute Gasteiger partial charge is 0.292 e. The minimum Gasteiger partial charge on any atom is -0.292 e. The Labute approximate surface area is 159 Å². The zero-order valence-corrected chi connectivity index (χ0v) is 15.7. The molecule has 0 aliphatic heterocycles. The summed E-state index contributed by atoms with van der Waals surface area (Å²) < 4.78 is 27.0. The van der Waals surface area contributed by atoms with Crippen molar-refractivity contribution in [3.63, 3.8) is 0 Å². The van der Waals surface area contributed by atoms with Crippen LogP contribution in [0.15, 0.2) is 30.3 Å². The highest BCUT2D eigenvalue weighted by Crippen LogP contribution is 2.43. The number of pyridine rings is 1. The second-order valence-electron chi connectivity index (χ2n) is 7.98. The summed E-state index contributed by atoms with van der Waals surface area (Å²) in [6.07, 6.45) is 6.18. The van der Waals surface area contributed by atoms with Gasteiger partial charge in [0.2, 0.25) is 0 Å². The summed E-state index contributed by atoms with van der Waals surface area (Å²) in [4.78, 5) is 17.9. The lowest BCUT2D eigenvalue weighted by atomic mass is 9.76. The monoisotopic (exact) mass is 369 g/mol. The Morgan fingerprint density at radius 1 is 0.963 bits per heavy atom. The van der Waals surface area contributed by atoms with E-state index in [1.807, 2.05) is 6.07 Å². The zero-order chi connectivity index (χ0) is 19.0. The van der Waals surface area contributed by atoms with Crippen LogP contribution in [0.4, 0.5) is 8.78 Å². The summed E-state index contributed by atoms with van der Waals surface area (Å²) >= 11 is 0. The molecule has 2 fully saturated rings. The van der Waals surface area contributed by atoms with Crippen molar-refractivity contribution in [3.05, 3.63) is 64.5 Å². The standard InChI is InChI=1S/C23H25F2NO/c1-2-20-9-10-21(15-5-6-15)22(26-20)23(27)16-7-3-14(4-8-16)17-11-18(24)13-19(25)12-17/h9-16H,2-8H2,1H3. The van der Waals surface area contributed by atoms with Gasteiger partial charge in [-0.15, -0.1) is 0 Å². The highest BCUT2D eigenvalue weighted by molar-refractivity contribution is 5.97. The molecular formula is C23H25F2NO. The normalized spacial score (nSPS) is 22.6. The van der Waals surface area contributed by atoms with Crippen LogP contribution in [0, 0.1) is 17.6 Å². The van der Waals surface area contributed by atoms with Crippen LogP contribution in [0.5, 0.6) is 0 Å². The first-order valence-electron chi connectivity index (χ1n) is 10.0. The van der Waals surface area contributed by atoms with Crippen LogP contribution in [0.25, 0.3) is 0 Å². The molecule has 0 atom stereocenters. The molecule has 2 aliphatic rings. The minimum atomic E-state index is -0.530. The van der Waals surface area contributed by atoms with E-state index >= 15 is 0 Å². The summed E-state index contributed by atoms with van der Waals surface area (Å²) in [6, 6.07) is 7.89. The first kappa shape index (κ1) is 18.3. The molecule has 4 heteroatoms. The van der Waals surface area contributed by atoms with E-state index in [0.717, 1.165) is 62.3 Å². The van der Waals surface area contributed by atoms with Crippen LogP contribution in [0.2, 0.25) is 0 Å². The number of Topliss-reactive ketones (excluding diaryl/α,β-unsaturated/α-hetero) is 1. The molecule has 0 N–H and O–H groups in total. The third-order valence-corrected chi connectivity index (χ3v) is 6.05. The minimum absolute atomic E-state index is 0.0308. The fraction of sp³-hybridized carbons (Fsp3) is 0.478. The molecule has 1 aromatic carbocycles. The van der Waals surface area contributed by atoms with Gasteiger partial charge in [-0.2, -0.15) is 0 Å². The average Bonchev–Trinajstić information content (AvgIpc) is 3.51. The van der Waals surface area contributed by atoms with Gasteiger partial charge < -0.3 is 0 Å². The maximum atomic E-state index is 13.5. The fourth-order valence-electron chi connectivity index (χ4n) is 4.32. The maximum absolute atomic E-state index is 13.5. The van der Waals surface area contributed by atoms with E-state index in [9.17, 15) is 13.6 Å². The van der Waals surface area contributed by atoms with Crippen molar-refractivity contribution in [3.8, 4) is 0 Å². The molecule has 2 saturated carbocycles. The molecule has 4 rings (SSSR count). The Morgan fingerprint density at radius 3 is 2.19 bits per heavy atom. The summed E-state index contributed by atoms with van der Waals surface area (Å²) in [5.74, 6) is -0.311. The van der Waals surface area contributed by atoms with Crippen LogP contribution in [0.1, 0.15) is 84.6 Å². The molecule has 27 heavy (non-hydrogen) atoms. The average molecular weight is 369 g/mol. The van der Waals surface area contributed by atoms with Crippen molar-refractivity contribution in [1.29, 1.82) is 0 Å². The lowest BCUT2D eigenvalue weighted by Crippen LogP contribution is -2.23. The number of hydrogen-bond donors (Lipinski definition) is 0. The third kappa shape index (κ3) is 3.95. The van der Waals surface area contributed by atoms with E-state index in [1.54, 1.807) is 0 Å². The first-order valence-corrected chi connectivity index (χ1v) is 10.0. The van der Waals surface area contributed by atoms with E-state index < -0.39 is 11.6 Å². The number of ketones is 1. The molecule has 0 saturated heterocycles. The quantitative estimate of drug-likeness (QED) is 0.609. The Morgan fingerprint density at radius 2 is 1.59 bits per heavy atom. The summed E-state index contributed by atoms with van der Waals surface area (Å²) in [5.41, 5.74) is 3.47. The molecule has 1 aromatic heterocycles. The summed E-state index contributed by atoms with van der Waals surface area (Å²) in [5, 5.41) is 0. The number of benzene rings is 1. The lowest BCUT2D eigenvalue weighted by Gasteiger charge is -2.28. The van der Waals surface area contributed by atoms with Gasteiger partial charge in [-0.1, -0.05) is 13.0 Å². The number of halogens is 2. The maximum Gasteiger partial charge on any atom is 0.184 e. The molecule has 1 heterocycles. The van der Waals surface area contributed by atoms with Gasteiger partial charge in [-0.3, -0.25) is 4.79 Å². The molecule has 0 bridgehead atoms. The van der Waals surface area contributed by atoms with E-state index in [0.29, 0.717) is 17.2 Å². The van der Waals surface area contributed by atoms with Gasteiger partial charge in [-0.25, -0.2) is 13.8 Å². The summed E-state index contributed by atoms with van der Waals surface area (Å²) in [6.45, 7) is 2.05. The Kier molecular flexibility index (Phi) is 5.07. The van der Waals surface area contributed by atoms with Crippen LogP contribution in [-0.4, -0.2) is 10.8 Å². The summed E-state index contributed by atoms with van der Waals surface area (Å²) in [7, 11) is 0. The number of carbonyl (C=O) groups is 1. The van der Waals surface area contributed by atoms with Gasteiger partial charge in [0.1, 0.15) is 17.3 Å². The number of carbonyl (C=O) groups excluding carboxylic acids is 1. The van der Waals surface area contributed by atoms with Gasteiger partial charge in [0, 0.05) is 17.7 Å². The molecule has 142 valence electrons. The lowest BCUT2D eigenvalue weighted by molar-refractivity contribution is 0.0877. The van der Waals surface area contributed by atoms with Crippen LogP contribution >= 0.6 is 0 Å². The van der Waals surface area contributed by atoms with Gasteiger partial charge in [0.25, 0.3) is 0 Å². The molecule has 0 spiro atoms. The number of aromatic nitrogens is 1. The number of hydrogen-bond acceptors (Lipinski definition) is 2. The second kappa shape index (κ2) is 7.49. The predicted octanol–water partition coefficient (Wildman–Crippen LogP) is 5.96. The van der Waals surface area contributed by atoms with E-state index in [-0.39, 0.29) is 17.6 Å². The van der Waals surface area contributed by atoms with Crippen molar-refractivity contribution in [2.45, 2.75) is 63.7 Å². The highest BCUT2D eigenvalue weighted by atomic mass is 19.1. The topological polar surface area (TPSA) is 30.0 Å². The molecule has 0 unspecified atom stereocenters. The molecule has 2 nitrogen and oxygen atoms in total. The van der Waals surface area contributed by atoms with Gasteiger partial charge >= 0.3 is 0 Å². The molecular weight excluding hydrogens is 344 g/mol. The van der Waals surface area contributed by atoms with Crippen molar-refractivity contribution >= 4 is 5.78 Å². The van der Waals surface area contributed by atoms with E-state index in [1.165, 1.54) is 12.1 Å². The van der Waals surface area contributed by atoms with Crippen molar-refractivity contribution < 1.29 is 13.6 Å². The number of rotatable bonds is 5. The van der Waals surface area contributed by atoms with Gasteiger partial charge in [0.05, 0.1) is 0 Å². The number of aryl methyl sites for hydroxylation is 1. The van der Waals surface area contributed by atoms with Crippen LogP contribution in [-0.2, 0) is 6.42 Å². The molecule has 0 amide bonds. The van der Waals surface area contributed by atoms with Gasteiger partial charge in [0.15, 0.2) is 5.78 Å². The first-order chi connectivity index (χ1) is 13.0. The third-order valence-electron chi connectivity index (χ3n) is 6.05. The Hall–Kier alpha value is -2.10. The van der Waals surface area contributed by atoms with Crippen LogP contribution < -0.4 is 0 Å². The van der Waals surface area contributed by atoms with E-state index in [4.69, 9.17) is 0 Å². The Bertz CT molecular complexity index is 831. The van der Waals surface area contributed by atoms with Crippen molar-refractivity contribution in [2.75, 3.05) is 0 Å². The predicted molar refractivity (Wildman–Crippen MR) is 101 cm³/mol. The van der Waals surface area contributed by atoms with E-state index in [2.05, 4.69) is 18.0 Å². The molecule has 0 radical (unpaired) electrons. The zero-order valence-electron chi connectivity index (χ0n) is 15.7. The van der Waals surface area contributed by atoms with Crippen molar-refractivity contribution in [1.82, 2.24) is 4.98 Å².